The zero-order valence-corrected chi connectivity index (χ0v) is 12.6. The van der Waals surface area contributed by atoms with Gasteiger partial charge in [0.1, 0.15) is 11.8 Å². The minimum absolute atomic E-state index is 0.115. The minimum Gasteiger partial charge on any atom is -0.508 e. The summed E-state index contributed by atoms with van der Waals surface area (Å²) in [4.78, 5) is 12.7. The summed E-state index contributed by atoms with van der Waals surface area (Å²) in [6, 6.07) is 19.9. The van der Waals surface area contributed by atoms with E-state index in [1.165, 1.54) is 6.07 Å². The number of nitrogens with zero attached hydrogens (tertiary/aromatic N) is 1. The molecular weight excluding hydrogens is 288 g/mol. The molecule has 0 aliphatic carbocycles. The van der Waals surface area contributed by atoms with E-state index in [1.54, 1.807) is 18.2 Å². The van der Waals surface area contributed by atoms with Crippen LogP contribution in [0.25, 0.3) is 0 Å². The number of hydrogen-bond donors (Lipinski definition) is 2. The normalized spacial score (nSPS) is 11.8. The molecule has 0 aliphatic rings. The van der Waals surface area contributed by atoms with Gasteiger partial charge in [-0.1, -0.05) is 36.4 Å². The van der Waals surface area contributed by atoms with Crippen LogP contribution in [0, 0.1) is 0 Å². The molecule has 1 amide bonds. The summed E-state index contributed by atoms with van der Waals surface area (Å²) in [5.41, 5.74) is 1.68. The Bertz CT molecular complexity index is 767. The van der Waals surface area contributed by atoms with Crippen molar-refractivity contribution in [1.29, 1.82) is 0 Å². The number of carbonyl (C=O) groups is 1. The highest BCUT2D eigenvalue weighted by Crippen LogP contribution is 2.20. The van der Waals surface area contributed by atoms with Gasteiger partial charge in [-0.05, 0) is 29.8 Å². The maximum atomic E-state index is 12.7. The number of amides is 1. The Morgan fingerprint density at radius 3 is 2.43 bits per heavy atom. The van der Waals surface area contributed by atoms with Crippen molar-refractivity contribution in [3.63, 3.8) is 0 Å². The summed E-state index contributed by atoms with van der Waals surface area (Å²) >= 11 is 0. The topological polar surface area (TPSA) is 54.3 Å². The number of carbonyl (C=O) groups excluding carboxylic acids is 1. The molecule has 3 rings (SSSR count). The van der Waals surface area contributed by atoms with Crippen LogP contribution in [0.3, 0.4) is 0 Å². The predicted octanol–water partition coefficient (Wildman–Crippen LogP) is 3.62. The van der Waals surface area contributed by atoms with Gasteiger partial charge in [-0.2, -0.15) is 0 Å². The van der Waals surface area contributed by atoms with Crippen molar-refractivity contribution in [2.45, 2.75) is 12.5 Å². The molecule has 0 bridgehead atoms. The van der Waals surface area contributed by atoms with Crippen LogP contribution < -0.4 is 5.32 Å². The first-order valence-corrected chi connectivity index (χ1v) is 7.48. The van der Waals surface area contributed by atoms with Crippen molar-refractivity contribution in [3.8, 4) is 5.75 Å². The van der Waals surface area contributed by atoms with E-state index in [0.717, 1.165) is 5.56 Å². The number of benzene rings is 2. The third kappa shape index (κ3) is 3.80. The molecule has 0 aliphatic heterocycles. The fraction of sp³-hybridized carbons (Fsp3) is 0.105. The lowest BCUT2D eigenvalue weighted by atomic mass is 10.0. The van der Waals surface area contributed by atoms with Crippen LogP contribution >= 0.6 is 0 Å². The molecule has 0 radical (unpaired) electrons. The summed E-state index contributed by atoms with van der Waals surface area (Å²) in [6.07, 6.45) is 4.37. The Morgan fingerprint density at radius 2 is 1.74 bits per heavy atom. The second-order valence-corrected chi connectivity index (χ2v) is 5.38. The average Bonchev–Trinajstić information content (AvgIpc) is 3.07. The van der Waals surface area contributed by atoms with Gasteiger partial charge in [0.2, 0.25) is 5.91 Å². The third-order valence-electron chi connectivity index (χ3n) is 3.68. The van der Waals surface area contributed by atoms with Gasteiger partial charge < -0.3 is 15.0 Å². The molecule has 0 saturated carbocycles. The van der Waals surface area contributed by atoms with Crippen LogP contribution in [-0.4, -0.2) is 15.6 Å². The lowest BCUT2D eigenvalue weighted by molar-refractivity contribution is -0.119. The third-order valence-corrected chi connectivity index (χ3v) is 3.68. The van der Waals surface area contributed by atoms with Crippen LogP contribution in [0.2, 0.25) is 0 Å². The second kappa shape index (κ2) is 6.83. The first-order chi connectivity index (χ1) is 11.2. The Morgan fingerprint density at radius 1 is 1.00 bits per heavy atom. The summed E-state index contributed by atoms with van der Waals surface area (Å²) < 4.78 is 1.89. The lowest BCUT2D eigenvalue weighted by Crippen LogP contribution is -2.27. The highest BCUT2D eigenvalue weighted by atomic mass is 16.3. The molecule has 4 heteroatoms. The molecule has 3 aromatic rings. The molecule has 1 atom stereocenters. The van der Waals surface area contributed by atoms with Crippen molar-refractivity contribution in [2.75, 3.05) is 5.32 Å². The number of anilines is 1. The van der Waals surface area contributed by atoms with E-state index >= 15 is 0 Å². The fourth-order valence-electron chi connectivity index (χ4n) is 2.54. The highest BCUT2D eigenvalue weighted by molar-refractivity contribution is 5.94. The molecule has 4 nitrogen and oxygen atoms in total. The first kappa shape index (κ1) is 14.9. The van der Waals surface area contributed by atoms with E-state index in [-0.39, 0.29) is 17.7 Å². The van der Waals surface area contributed by atoms with Crippen LogP contribution in [0.15, 0.2) is 79.1 Å². The van der Waals surface area contributed by atoms with Gasteiger partial charge in [-0.15, -0.1) is 0 Å². The van der Waals surface area contributed by atoms with Crippen LogP contribution in [-0.2, 0) is 11.2 Å². The molecule has 23 heavy (non-hydrogen) atoms. The maximum absolute atomic E-state index is 12.7. The molecule has 0 saturated heterocycles. The number of hydrogen-bond acceptors (Lipinski definition) is 2. The van der Waals surface area contributed by atoms with Crippen molar-refractivity contribution >= 4 is 11.6 Å². The van der Waals surface area contributed by atoms with Gasteiger partial charge >= 0.3 is 0 Å². The van der Waals surface area contributed by atoms with Gasteiger partial charge in [0.15, 0.2) is 0 Å². The van der Waals surface area contributed by atoms with E-state index in [1.807, 2.05) is 59.4 Å². The van der Waals surface area contributed by atoms with Crippen LogP contribution in [0.5, 0.6) is 5.75 Å². The second-order valence-electron chi connectivity index (χ2n) is 5.38. The van der Waals surface area contributed by atoms with E-state index < -0.39 is 0 Å². The van der Waals surface area contributed by atoms with Crippen LogP contribution in [0.4, 0.5) is 5.69 Å². The van der Waals surface area contributed by atoms with E-state index in [4.69, 9.17) is 0 Å². The first-order valence-electron chi connectivity index (χ1n) is 7.48. The largest absolute Gasteiger partial charge is 0.508 e. The van der Waals surface area contributed by atoms with Gasteiger partial charge in [0.05, 0.1) is 0 Å². The molecule has 2 aromatic carbocycles. The average molecular weight is 306 g/mol. The van der Waals surface area contributed by atoms with Gasteiger partial charge in [0, 0.05) is 30.6 Å². The zero-order valence-electron chi connectivity index (χ0n) is 12.6. The number of phenolic OH excluding ortho intramolecular Hbond substituents is 1. The molecule has 0 spiro atoms. The Kier molecular flexibility index (Phi) is 4.43. The fourth-order valence-corrected chi connectivity index (χ4v) is 2.54. The number of nitrogens with one attached hydrogen (secondary N) is 1. The Balaban J connectivity index is 1.82. The molecule has 116 valence electrons. The van der Waals surface area contributed by atoms with Crippen molar-refractivity contribution in [3.05, 3.63) is 84.7 Å². The number of aromatic nitrogens is 1. The monoisotopic (exact) mass is 306 g/mol. The number of rotatable bonds is 5. The van der Waals surface area contributed by atoms with Crippen molar-refractivity contribution in [2.24, 2.45) is 0 Å². The SMILES string of the molecule is O=C(Nc1cccc(O)c1)[C@H](Cc1ccccc1)n1cccc1. The van der Waals surface area contributed by atoms with Crippen molar-refractivity contribution in [1.82, 2.24) is 4.57 Å². The van der Waals surface area contributed by atoms with Gasteiger partial charge in [0.25, 0.3) is 0 Å². The summed E-state index contributed by atoms with van der Waals surface area (Å²) in [5, 5.41) is 12.4. The Labute approximate surface area is 135 Å². The predicted molar refractivity (Wildman–Crippen MR) is 90.4 cm³/mol. The number of phenols is 1. The molecule has 1 heterocycles. The zero-order chi connectivity index (χ0) is 16.1. The summed E-state index contributed by atoms with van der Waals surface area (Å²) in [6.45, 7) is 0. The molecular formula is C19H18N2O2. The summed E-state index contributed by atoms with van der Waals surface area (Å²) in [5.74, 6) is 0.0130. The highest BCUT2D eigenvalue weighted by Gasteiger charge is 2.20. The summed E-state index contributed by atoms with van der Waals surface area (Å²) in [7, 11) is 0. The maximum Gasteiger partial charge on any atom is 0.247 e. The van der Waals surface area contributed by atoms with Gasteiger partial charge in [-0.3, -0.25) is 4.79 Å². The van der Waals surface area contributed by atoms with Gasteiger partial charge in [-0.25, -0.2) is 0 Å². The van der Waals surface area contributed by atoms with E-state index in [2.05, 4.69) is 5.32 Å². The quantitative estimate of drug-likeness (QED) is 0.756. The van der Waals surface area contributed by atoms with Crippen molar-refractivity contribution < 1.29 is 9.90 Å². The standard InChI is InChI=1S/C19H18N2O2/c22-17-10-6-9-16(14-17)20-19(23)18(21-11-4-5-12-21)13-15-7-2-1-3-8-15/h1-12,14,18,22H,13H2,(H,20,23)/t18-/m0/s1. The smallest absolute Gasteiger partial charge is 0.247 e. The minimum atomic E-state index is -0.352. The number of aromatic hydroxyl groups is 1. The Hall–Kier alpha value is -3.01. The lowest BCUT2D eigenvalue weighted by Gasteiger charge is -2.19. The van der Waals surface area contributed by atoms with Crippen LogP contribution in [0.1, 0.15) is 11.6 Å². The van der Waals surface area contributed by atoms with E-state index in [9.17, 15) is 9.90 Å². The molecule has 1 aromatic heterocycles. The molecule has 0 fully saturated rings. The molecule has 2 N–H and O–H groups in total. The van der Waals surface area contributed by atoms with E-state index in [0.29, 0.717) is 12.1 Å². The molecule has 0 unspecified atom stereocenters.